The van der Waals surface area contributed by atoms with Gasteiger partial charge < -0.3 is 5.11 Å². The summed E-state index contributed by atoms with van der Waals surface area (Å²) < 4.78 is 2.06. The highest BCUT2D eigenvalue weighted by atomic mass is 16.3. The number of aliphatic hydroxyl groups excluding tert-OH is 1. The number of aryl methyl sites for hydroxylation is 1. The molecule has 0 saturated carbocycles. The van der Waals surface area contributed by atoms with Gasteiger partial charge in [-0.2, -0.15) is 5.10 Å². The molecule has 2 aromatic rings. The Bertz CT molecular complexity index is 560. The molecule has 0 unspecified atom stereocenters. The first-order valence-electron chi connectivity index (χ1n) is 8.04. The zero-order valence-corrected chi connectivity index (χ0v) is 13.4. The van der Waals surface area contributed by atoms with Gasteiger partial charge in [-0.05, 0) is 25.8 Å². The van der Waals surface area contributed by atoms with E-state index in [2.05, 4.69) is 54.6 Å². The number of hydrogen-bond acceptors (Lipinski definition) is 3. The van der Waals surface area contributed by atoms with Crippen molar-refractivity contribution in [2.24, 2.45) is 0 Å². The minimum Gasteiger partial charge on any atom is -0.395 e. The van der Waals surface area contributed by atoms with Crippen LogP contribution in [0.2, 0.25) is 0 Å². The molecule has 1 aromatic carbocycles. The second kappa shape index (κ2) is 7.57. The summed E-state index contributed by atoms with van der Waals surface area (Å²) in [5, 5.41) is 15.4. The number of nitrogens with zero attached hydrogens (tertiary/aromatic N) is 3. The Morgan fingerprint density at radius 1 is 1.19 bits per heavy atom. The van der Waals surface area contributed by atoms with Gasteiger partial charge in [-0.1, -0.05) is 32.0 Å². The summed E-state index contributed by atoms with van der Waals surface area (Å²) in [7, 11) is 0. The molecule has 116 valence electrons. The van der Waals surface area contributed by atoms with Gasteiger partial charge in [0, 0.05) is 31.1 Å². The van der Waals surface area contributed by atoms with Gasteiger partial charge in [-0.15, -0.1) is 0 Å². The summed E-state index contributed by atoms with van der Waals surface area (Å²) in [5.41, 5.74) is 2.32. The first-order valence-corrected chi connectivity index (χ1v) is 8.04. The van der Waals surface area contributed by atoms with Gasteiger partial charge in [0.2, 0.25) is 0 Å². The van der Waals surface area contributed by atoms with Gasteiger partial charge in [0.05, 0.1) is 17.8 Å². The van der Waals surface area contributed by atoms with Gasteiger partial charge >= 0.3 is 0 Å². The van der Waals surface area contributed by atoms with Crippen molar-refractivity contribution in [3.05, 3.63) is 30.0 Å². The lowest BCUT2D eigenvalue weighted by Crippen LogP contribution is -2.36. The van der Waals surface area contributed by atoms with Crippen molar-refractivity contribution in [1.29, 1.82) is 0 Å². The molecule has 4 heteroatoms. The van der Waals surface area contributed by atoms with Crippen molar-refractivity contribution < 1.29 is 5.11 Å². The molecular weight excluding hydrogens is 262 g/mol. The normalized spacial score (nSPS) is 11.9. The molecule has 4 nitrogen and oxygen atoms in total. The lowest BCUT2D eigenvalue weighted by Gasteiger charge is -2.29. The first kappa shape index (κ1) is 16.0. The van der Waals surface area contributed by atoms with Crippen molar-refractivity contribution in [3.63, 3.8) is 0 Å². The topological polar surface area (TPSA) is 41.3 Å². The second-order valence-corrected chi connectivity index (χ2v) is 5.44. The highest BCUT2D eigenvalue weighted by Gasteiger charge is 2.18. The Morgan fingerprint density at radius 2 is 1.90 bits per heavy atom. The Hall–Kier alpha value is -1.39. The predicted octanol–water partition coefficient (Wildman–Crippen LogP) is 3.04. The van der Waals surface area contributed by atoms with Crippen molar-refractivity contribution in [2.75, 3.05) is 13.2 Å². The molecule has 0 atom stereocenters. The van der Waals surface area contributed by atoms with E-state index in [1.165, 1.54) is 10.9 Å². The summed E-state index contributed by atoms with van der Waals surface area (Å²) in [6.07, 6.45) is 2.20. The SMILES string of the molecule is CCC(CC)N(CCO)Cc1nn(CC)c2ccccc12. The molecule has 0 radical (unpaired) electrons. The maximum atomic E-state index is 9.35. The lowest BCUT2D eigenvalue weighted by molar-refractivity contribution is 0.135. The van der Waals surface area contributed by atoms with Gasteiger partial charge in [0.1, 0.15) is 0 Å². The van der Waals surface area contributed by atoms with E-state index in [1.807, 2.05) is 0 Å². The maximum absolute atomic E-state index is 9.35. The fourth-order valence-electron chi connectivity index (χ4n) is 3.07. The van der Waals surface area contributed by atoms with Crippen LogP contribution in [-0.4, -0.2) is 39.0 Å². The molecule has 2 rings (SSSR count). The quantitative estimate of drug-likeness (QED) is 0.812. The molecule has 0 aliphatic rings. The Balaban J connectivity index is 2.32. The van der Waals surface area contributed by atoms with E-state index in [9.17, 15) is 5.11 Å². The van der Waals surface area contributed by atoms with Gasteiger partial charge in [-0.25, -0.2) is 0 Å². The van der Waals surface area contributed by atoms with Gasteiger partial charge in [0.15, 0.2) is 0 Å². The Kier molecular flexibility index (Phi) is 5.76. The van der Waals surface area contributed by atoms with Crippen LogP contribution in [0.3, 0.4) is 0 Å². The molecule has 0 bridgehead atoms. The molecule has 1 aromatic heterocycles. The van der Waals surface area contributed by atoms with Crippen LogP contribution in [0.5, 0.6) is 0 Å². The van der Waals surface area contributed by atoms with Crippen molar-refractivity contribution in [2.45, 2.75) is 52.7 Å². The number of rotatable bonds is 8. The largest absolute Gasteiger partial charge is 0.395 e. The average molecular weight is 289 g/mol. The summed E-state index contributed by atoms with van der Waals surface area (Å²) in [6.45, 7) is 9.13. The third kappa shape index (κ3) is 3.44. The third-order valence-corrected chi connectivity index (χ3v) is 4.23. The second-order valence-electron chi connectivity index (χ2n) is 5.44. The average Bonchev–Trinajstić information content (AvgIpc) is 2.87. The molecule has 1 heterocycles. The molecule has 0 aliphatic heterocycles. The number of benzene rings is 1. The standard InChI is InChI=1S/C17H27N3O/c1-4-14(5-2)19(11-12-21)13-16-15-9-7-8-10-17(15)20(6-3)18-16/h7-10,14,21H,4-6,11-13H2,1-3H3. The number of hydrogen-bond donors (Lipinski definition) is 1. The third-order valence-electron chi connectivity index (χ3n) is 4.23. The zero-order chi connectivity index (χ0) is 15.2. The number of fused-ring (bicyclic) bond motifs is 1. The highest BCUT2D eigenvalue weighted by molar-refractivity contribution is 5.81. The number of aliphatic hydroxyl groups is 1. The fourth-order valence-corrected chi connectivity index (χ4v) is 3.07. The minimum absolute atomic E-state index is 0.197. The minimum atomic E-state index is 0.197. The molecular formula is C17H27N3O. The molecule has 0 fully saturated rings. The zero-order valence-electron chi connectivity index (χ0n) is 13.4. The smallest absolute Gasteiger partial charge is 0.0843 e. The molecule has 0 amide bonds. The number of para-hydroxylation sites is 1. The van der Waals surface area contributed by atoms with Crippen molar-refractivity contribution >= 4 is 10.9 Å². The van der Waals surface area contributed by atoms with E-state index >= 15 is 0 Å². The molecule has 1 N–H and O–H groups in total. The lowest BCUT2D eigenvalue weighted by atomic mass is 10.1. The van der Waals surface area contributed by atoms with Gasteiger partial charge in [0.25, 0.3) is 0 Å². The van der Waals surface area contributed by atoms with E-state index in [-0.39, 0.29) is 6.61 Å². The Labute approximate surface area is 127 Å². The van der Waals surface area contributed by atoms with E-state index in [1.54, 1.807) is 0 Å². The molecule has 0 saturated heterocycles. The van der Waals surface area contributed by atoms with Crippen LogP contribution in [0.1, 0.15) is 39.3 Å². The predicted molar refractivity (Wildman–Crippen MR) is 87.3 cm³/mol. The van der Waals surface area contributed by atoms with Crippen LogP contribution < -0.4 is 0 Å². The van der Waals surface area contributed by atoms with Crippen molar-refractivity contribution in [3.8, 4) is 0 Å². The molecule has 0 aliphatic carbocycles. The monoisotopic (exact) mass is 289 g/mol. The Morgan fingerprint density at radius 3 is 2.52 bits per heavy atom. The maximum Gasteiger partial charge on any atom is 0.0843 e. The highest BCUT2D eigenvalue weighted by Crippen LogP contribution is 2.21. The van der Waals surface area contributed by atoms with Crippen LogP contribution in [-0.2, 0) is 13.1 Å². The van der Waals surface area contributed by atoms with Crippen LogP contribution in [0, 0.1) is 0 Å². The van der Waals surface area contributed by atoms with Gasteiger partial charge in [-0.3, -0.25) is 9.58 Å². The van der Waals surface area contributed by atoms with E-state index in [0.717, 1.165) is 31.6 Å². The van der Waals surface area contributed by atoms with Crippen LogP contribution in [0.25, 0.3) is 10.9 Å². The van der Waals surface area contributed by atoms with Crippen molar-refractivity contribution in [1.82, 2.24) is 14.7 Å². The molecule has 21 heavy (non-hydrogen) atoms. The van der Waals surface area contributed by atoms with Crippen LogP contribution in [0.4, 0.5) is 0 Å². The van der Waals surface area contributed by atoms with E-state index < -0.39 is 0 Å². The fraction of sp³-hybridized carbons (Fsp3) is 0.588. The van der Waals surface area contributed by atoms with Crippen LogP contribution >= 0.6 is 0 Å². The van der Waals surface area contributed by atoms with E-state index in [4.69, 9.17) is 5.10 Å². The summed E-state index contributed by atoms with van der Waals surface area (Å²) >= 11 is 0. The molecule has 0 spiro atoms. The summed E-state index contributed by atoms with van der Waals surface area (Å²) in [5.74, 6) is 0. The number of aromatic nitrogens is 2. The first-order chi connectivity index (χ1) is 10.2. The summed E-state index contributed by atoms with van der Waals surface area (Å²) in [6, 6.07) is 8.91. The van der Waals surface area contributed by atoms with Crippen LogP contribution in [0.15, 0.2) is 24.3 Å². The summed E-state index contributed by atoms with van der Waals surface area (Å²) in [4.78, 5) is 2.36. The van der Waals surface area contributed by atoms with E-state index in [0.29, 0.717) is 12.6 Å².